The Kier molecular flexibility index (Phi) is 3.32. The molecule has 1 aliphatic carbocycles. The van der Waals surface area contributed by atoms with E-state index in [0.29, 0.717) is 28.8 Å². The number of benzene rings is 1. The highest BCUT2D eigenvalue weighted by Crippen LogP contribution is 2.38. The van der Waals surface area contributed by atoms with Crippen LogP contribution in [0.1, 0.15) is 45.5 Å². The van der Waals surface area contributed by atoms with Gasteiger partial charge in [0, 0.05) is 0 Å². The zero-order valence-corrected chi connectivity index (χ0v) is 14.3. The maximum absolute atomic E-state index is 13.2. The molecule has 0 radical (unpaired) electrons. The highest BCUT2D eigenvalue weighted by molar-refractivity contribution is 5.77. The number of fused-ring (bicyclic) bond motifs is 2. The fourth-order valence-electron chi connectivity index (χ4n) is 3.55. The molecule has 1 N–H and O–H groups in total. The average molecular weight is 325 g/mol. The van der Waals surface area contributed by atoms with E-state index in [0.717, 1.165) is 12.8 Å². The van der Waals surface area contributed by atoms with E-state index in [1.165, 1.54) is 0 Å². The Hall–Kier alpha value is -2.14. The fourth-order valence-corrected chi connectivity index (χ4v) is 3.55. The third-order valence-electron chi connectivity index (χ3n) is 5.03. The lowest BCUT2D eigenvalue weighted by Gasteiger charge is -2.28. The fraction of sp³-hybridized carbons (Fsp3) is 0.474. The molecular formula is C19H23N3O2. The van der Waals surface area contributed by atoms with Gasteiger partial charge in [-0.2, -0.15) is 0 Å². The minimum atomic E-state index is -0.814. The zero-order chi connectivity index (χ0) is 17.1. The summed E-state index contributed by atoms with van der Waals surface area (Å²) in [6.07, 6.45) is 5.40. The molecule has 126 valence electrons. The quantitative estimate of drug-likeness (QED) is 0.681. The van der Waals surface area contributed by atoms with Crippen LogP contribution < -0.4 is 10.6 Å². The SMILES string of the molecule is CC(C)(C)C(O)c1nc2ccccc2c(=O)n1N1C2CC=CCC21. The summed E-state index contributed by atoms with van der Waals surface area (Å²) in [6.45, 7) is 5.88. The molecule has 0 amide bonds. The number of rotatable bonds is 2. The molecule has 1 aromatic carbocycles. The molecule has 1 fully saturated rings. The molecule has 0 saturated carbocycles. The van der Waals surface area contributed by atoms with Crippen LogP contribution in [0.4, 0.5) is 0 Å². The Morgan fingerprint density at radius 1 is 1.17 bits per heavy atom. The van der Waals surface area contributed by atoms with E-state index < -0.39 is 11.5 Å². The summed E-state index contributed by atoms with van der Waals surface area (Å²) in [5.41, 5.74) is 0.150. The molecule has 0 bridgehead atoms. The van der Waals surface area contributed by atoms with Crippen LogP contribution in [0.25, 0.3) is 10.9 Å². The maximum Gasteiger partial charge on any atom is 0.280 e. The van der Waals surface area contributed by atoms with Gasteiger partial charge in [0.15, 0.2) is 5.82 Å². The van der Waals surface area contributed by atoms with Crippen molar-refractivity contribution in [3.63, 3.8) is 0 Å². The van der Waals surface area contributed by atoms with Crippen LogP contribution in [0.2, 0.25) is 0 Å². The molecule has 4 rings (SSSR count). The van der Waals surface area contributed by atoms with Gasteiger partial charge in [-0.25, -0.2) is 9.66 Å². The Labute approximate surface area is 141 Å². The average Bonchev–Trinajstić information content (AvgIpc) is 3.27. The van der Waals surface area contributed by atoms with E-state index in [-0.39, 0.29) is 5.56 Å². The van der Waals surface area contributed by atoms with Crippen molar-refractivity contribution in [2.45, 2.75) is 51.8 Å². The van der Waals surface area contributed by atoms with Gasteiger partial charge in [0.05, 0.1) is 23.0 Å². The van der Waals surface area contributed by atoms with Gasteiger partial charge in [-0.3, -0.25) is 9.80 Å². The predicted octanol–water partition coefficient (Wildman–Crippen LogP) is 2.51. The van der Waals surface area contributed by atoms with E-state index in [9.17, 15) is 9.90 Å². The van der Waals surface area contributed by atoms with Gasteiger partial charge in [0.25, 0.3) is 5.56 Å². The van der Waals surface area contributed by atoms with E-state index in [2.05, 4.69) is 22.1 Å². The van der Waals surface area contributed by atoms with Crippen molar-refractivity contribution in [2.24, 2.45) is 5.41 Å². The van der Waals surface area contributed by atoms with Crippen LogP contribution in [-0.4, -0.2) is 26.9 Å². The second-order valence-corrected chi connectivity index (χ2v) is 7.83. The van der Waals surface area contributed by atoms with Crippen LogP contribution in [0.3, 0.4) is 0 Å². The van der Waals surface area contributed by atoms with Crippen LogP contribution in [0.5, 0.6) is 0 Å². The minimum absolute atomic E-state index is 0.0895. The van der Waals surface area contributed by atoms with Crippen LogP contribution in [0.15, 0.2) is 41.2 Å². The molecule has 5 heteroatoms. The molecule has 3 atom stereocenters. The molecule has 3 unspecified atom stereocenters. The Morgan fingerprint density at radius 2 is 1.79 bits per heavy atom. The number of aliphatic hydroxyl groups excluding tert-OH is 1. The van der Waals surface area contributed by atoms with Crippen molar-refractivity contribution in [1.82, 2.24) is 9.66 Å². The molecule has 0 spiro atoms. The highest BCUT2D eigenvalue weighted by atomic mass is 16.3. The molecule has 1 saturated heterocycles. The lowest BCUT2D eigenvalue weighted by molar-refractivity contribution is 0.0511. The number of hydrogen-bond acceptors (Lipinski definition) is 4. The van der Waals surface area contributed by atoms with Gasteiger partial charge < -0.3 is 5.11 Å². The second kappa shape index (κ2) is 5.18. The summed E-state index contributed by atoms with van der Waals surface area (Å²) >= 11 is 0. The number of aliphatic hydroxyl groups is 1. The Bertz CT molecular complexity index is 864. The monoisotopic (exact) mass is 325 g/mol. The van der Waals surface area contributed by atoms with Crippen molar-refractivity contribution in [2.75, 3.05) is 5.01 Å². The summed E-state index contributed by atoms with van der Waals surface area (Å²) in [5.74, 6) is 0.445. The number of para-hydroxylation sites is 1. The molecule has 2 aromatic rings. The van der Waals surface area contributed by atoms with Crippen LogP contribution in [-0.2, 0) is 0 Å². The normalized spacial score (nSPS) is 24.1. The van der Waals surface area contributed by atoms with E-state index in [1.807, 2.05) is 39.0 Å². The first-order valence-electron chi connectivity index (χ1n) is 8.53. The van der Waals surface area contributed by atoms with Crippen LogP contribution in [0, 0.1) is 5.41 Å². The maximum atomic E-state index is 13.2. The largest absolute Gasteiger partial charge is 0.385 e. The first-order chi connectivity index (χ1) is 11.4. The molecule has 1 aliphatic heterocycles. The minimum Gasteiger partial charge on any atom is -0.385 e. The summed E-state index contributed by atoms with van der Waals surface area (Å²) in [5, 5.41) is 13.6. The number of aromatic nitrogens is 2. The topological polar surface area (TPSA) is 58.1 Å². The Morgan fingerprint density at radius 3 is 2.42 bits per heavy atom. The van der Waals surface area contributed by atoms with Gasteiger partial charge in [-0.15, -0.1) is 0 Å². The van der Waals surface area contributed by atoms with E-state index in [4.69, 9.17) is 0 Å². The smallest absolute Gasteiger partial charge is 0.280 e. The van der Waals surface area contributed by atoms with Crippen molar-refractivity contribution < 1.29 is 5.11 Å². The van der Waals surface area contributed by atoms with Crippen molar-refractivity contribution >= 4 is 10.9 Å². The number of hydrogen-bond donors (Lipinski definition) is 1. The molecular weight excluding hydrogens is 302 g/mol. The van der Waals surface area contributed by atoms with Crippen molar-refractivity contribution in [3.8, 4) is 0 Å². The lowest BCUT2D eigenvalue weighted by atomic mass is 9.88. The summed E-state index contributed by atoms with van der Waals surface area (Å²) in [6, 6.07) is 8.03. The zero-order valence-electron chi connectivity index (χ0n) is 14.3. The third kappa shape index (κ3) is 2.26. The van der Waals surface area contributed by atoms with E-state index in [1.54, 1.807) is 10.7 Å². The van der Waals surface area contributed by atoms with Crippen LogP contribution >= 0.6 is 0 Å². The molecule has 5 nitrogen and oxygen atoms in total. The summed E-state index contributed by atoms with van der Waals surface area (Å²) < 4.78 is 1.64. The van der Waals surface area contributed by atoms with Gasteiger partial charge in [-0.05, 0) is 30.4 Å². The molecule has 1 aromatic heterocycles. The third-order valence-corrected chi connectivity index (χ3v) is 5.03. The van der Waals surface area contributed by atoms with Gasteiger partial charge in [-0.1, -0.05) is 45.1 Å². The second-order valence-electron chi connectivity index (χ2n) is 7.83. The predicted molar refractivity (Wildman–Crippen MR) is 94.6 cm³/mol. The first-order valence-corrected chi connectivity index (χ1v) is 8.53. The van der Waals surface area contributed by atoms with E-state index >= 15 is 0 Å². The standard InChI is InChI=1S/C19H23N3O2/c1-19(2,3)16(23)17-20-13-9-5-4-8-12(13)18(24)22(17)21-14-10-6-7-11-15(14)21/h4-9,14-16,23H,10-11H2,1-3H3. The van der Waals surface area contributed by atoms with Gasteiger partial charge in [0.2, 0.25) is 0 Å². The first kappa shape index (κ1) is 15.4. The van der Waals surface area contributed by atoms with Gasteiger partial charge >= 0.3 is 0 Å². The van der Waals surface area contributed by atoms with Crippen molar-refractivity contribution in [1.29, 1.82) is 0 Å². The summed E-state index contributed by atoms with van der Waals surface area (Å²) in [7, 11) is 0. The Balaban J connectivity index is 1.93. The van der Waals surface area contributed by atoms with Gasteiger partial charge in [0.1, 0.15) is 6.10 Å². The van der Waals surface area contributed by atoms with Crippen molar-refractivity contribution in [3.05, 3.63) is 52.6 Å². The molecule has 24 heavy (non-hydrogen) atoms. The summed E-state index contributed by atoms with van der Waals surface area (Å²) in [4.78, 5) is 17.8. The lowest BCUT2D eigenvalue weighted by Crippen LogP contribution is -2.38. The number of nitrogens with zero attached hydrogens (tertiary/aromatic N) is 3. The molecule has 2 heterocycles. The highest BCUT2D eigenvalue weighted by Gasteiger charge is 2.50. The molecule has 2 aliphatic rings.